The maximum absolute atomic E-state index is 9.85. The Bertz CT molecular complexity index is 400. The standard InChI is InChI=1S/C13H22N2O5/c1-15(9-4-2-8(14)3-5-9)6-10(17)12(19)13(20)11(18)7-16/h2-5,10-13,16-20H,6-7,14H2,1H3. The zero-order valence-electron chi connectivity index (χ0n) is 11.3. The molecule has 0 heterocycles. The molecule has 0 amide bonds. The third kappa shape index (κ3) is 4.32. The van der Waals surface area contributed by atoms with Gasteiger partial charge in [-0.05, 0) is 24.3 Å². The van der Waals surface area contributed by atoms with E-state index < -0.39 is 31.0 Å². The lowest BCUT2D eigenvalue weighted by Crippen LogP contribution is -2.49. The van der Waals surface area contributed by atoms with Crippen LogP contribution in [0, 0.1) is 0 Å². The topological polar surface area (TPSA) is 130 Å². The highest BCUT2D eigenvalue weighted by Gasteiger charge is 2.30. The molecule has 1 rings (SSSR count). The van der Waals surface area contributed by atoms with Crippen molar-refractivity contribution < 1.29 is 25.5 Å². The molecule has 0 saturated heterocycles. The number of nitrogens with two attached hydrogens (primary N) is 1. The third-order valence-electron chi connectivity index (χ3n) is 3.12. The largest absolute Gasteiger partial charge is 0.399 e. The quantitative estimate of drug-likeness (QED) is 0.324. The predicted octanol–water partition coefficient (Wildman–Crippen LogP) is -1.86. The van der Waals surface area contributed by atoms with Gasteiger partial charge in [-0.3, -0.25) is 0 Å². The first-order valence-electron chi connectivity index (χ1n) is 6.26. The summed E-state index contributed by atoms with van der Waals surface area (Å²) in [4.78, 5) is 1.67. The van der Waals surface area contributed by atoms with E-state index in [1.54, 1.807) is 36.2 Å². The molecule has 0 radical (unpaired) electrons. The Hall–Kier alpha value is -1.38. The summed E-state index contributed by atoms with van der Waals surface area (Å²) in [6.07, 6.45) is -5.96. The monoisotopic (exact) mass is 286 g/mol. The second kappa shape index (κ2) is 7.41. The number of hydrogen-bond acceptors (Lipinski definition) is 7. The van der Waals surface area contributed by atoms with Crippen LogP contribution in [0.25, 0.3) is 0 Å². The van der Waals surface area contributed by atoms with E-state index in [0.29, 0.717) is 5.69 Å². The zero-order valence-corrected chi connectivity index (χ0v) is 11.3. The minimum atomic E-state index is -1.62. The molecule has 7 heteroatoms. The Morgan fingerprint density at radius 1 is 1.00 bits per heavy atom. The van der Waals surface area contributed by atoms with Crippen LogP contribution in [0.5, 0.6) is 0 Å². The summed E-state index contributed by atoms with van der Waals surface area (Å²) in [5.74, 6) is 0. The number of anilines is 2. The number of benzene rings is 1. The summed E-state index contributed by atoms with van der Waals surface area (Å²) in [6.45, 7) is -0.654. The second-order valence-electron chi connectivity index (χ2n) is 4.77. The van der Waals surface area contributed by atoms with Crippen molar-refractivity contribution in [3.05, 3.63) is 24.3 Å². The second-order valence-corrected chi connectivity index (χ2v) is 4.77. The molecule has 1 aromatic rings. The molecular weight excluding hydrogens is 264 g/mol. The number of likely N-dealkylation sites (N-methyl/N-ethyl adjacent to an activating group) is 1. The van der Waals surface area contributed by atoms with Crippen molar-refractivity contribution in [2.24, 2.45) is 0 Å². The van der Waals surface area contributed by atoms with E-state index in [0.717, 1.165) is 5.69 Å². The first-order chi connectivity index (χ1) is 9.36. The van der Waals surface area contributed by atoms with Gasteiger partial charge in [-0.25, -0.2) is 0 Å². The Labute approximate surface area is 117 Å². The van der Waals surface area contributed by atoms with Gasteiger partial charge in [-0.2, -0.15) is 0 Å². The highest BCUT2D eigenvalue weighted by Crippen LogP contribution is 2.16. The minimum Gasteiger partial charge on any atom is -0.399 e. The molecule has 1 aromatic carbocycles. The first-order valence-corrected chi connectivity index (χ1v) is 6.26. The van der Waals surface area contributed by atoms with Gasteiger partial charge in [0.1, 0.15) is 18.3 Å². The Morgan fingerprint density at radius 3 is 2.00 bits per heavy atom. The van der Waals surface area contributed by atoms with Gasteiger partial charge in [0.2, 0.25) is 0 Å². The summed E-state index contributed by atoms with van der Waals surface area (Å²) in [5, 5.41) is 47.0. The van der Waals surface area contributed by atoms with E-state index in [1.807, 2.05) is 0 Å². The molecular formula is C13H22N2O5. The lowest BCUT2D eigenvalue weighted by atomic mass is 10.0. The normalized spacial score (nSPS) is 17.3. The van der Waals surface area contributed by atoms with Crippen molar-refractivity contribution in [1.29, 1.82) is 0 Å². The van der Waals surface area contributed by atoms with Gasteiger partial charge in [0, 0.05) is 25.0 Å². The number of aliphatic hydroxyl groups excluding tert-OH is 5. The smallest absolute Gasteiger partial charge is 0.111 e. The Morgan fingerprint density at radius 2 is 1.50 bits per heavy atom. The number of rotatable bonds is 7. The van der Waals surface area contributed by atoms with Gasteiger partial charge < -0.3 is 36.2 Å². The Balaban J connectivity index is 2.60. The molecule has 0 aliphatic rings. The summed E-state index contributed by atoms with van der Waals surface area (Å²) in [5.41, 5.74) is 6.97. The number of aliphatic hydroxyl groups is 5. The number of nitrogen functional groups attached to an aromatic ring is 1. The first kappa shape index (κ1) is 16.7. The third-order valence-corrected chi connectivity index (χ3v) is 3.12. The molecule has 0 aliphatic carbocycles. The number of hydrogen-bond donors (Lipinski definition) is 6. The van der Waals surface area contributed by atoms with E-state index in [1.165, 1.54) is 0 Å². The van der Waals surface area contributed by atoms with E-state index in [4.69, 9.17) is 10.8 Å². The van der Waals surface area contributed by atoms with Gasteiger partial charge in [-0.1, -0.05) is 0 Å². The van der Waals surface area contributed by atoms with E-state index in [2.05, 4.69) is 0 Å². The van der Waals surface area contributed by atoms with Gasteiger partial charge in [-0.15, -0.1) is 0 Å². The van der Waals surface area contributed by atoms with Crippen LogP contribution in [0.15, 0.2) is 24.3 Å². The molecule has 0 fully saturated rings. The van der Waals surface area contributed by atoms with Crippen LogP contribution >= 0.6 is 0 Å². The van der Waals surface area contributed by atoms with Gasteiger partial charge in [0.25, 0.3) is 0 Å². The van der Waals surface area contributed by atoms with Crippen molar-refractivity contribution in [2.45, 2.75) is 24.4 Å². The van der Waals surface area contributed by atoms with E-state index in [-0.39, 0.29) is 6.54 Å². The van der Waals surface area contributed by atoms with Crippen LogP contribution in [0.3, 0.4) is 0 Å². The SMILES string of the molecule is CN(CC(O)C(O)C(O)C(O)CO)c1ccc(N)cc1. The van der Waals surface area contributed by atoms with E-state index in [9.17, 15) is 20.4 Å². The molecule has 7 N–H and O–H groups in total. The van der Waals surface area contributed by atoms with Crippen LogP contribution in [0.1, 0.15) is 0 Å². The van der Waals surface area contributed by atoms with Crippen molar-refractivity contribution >= 4 is 11.4 Å². The van der Waals surface area contributed by atoms with E-state index >= 15 is 0 Å². The van der Waals surface area contributed by atoms with Gasteiger partial charge in [0.05, 0.1) is 12.7 Å². The summed E-state index contributed by atoms with van der Waals surface area (Å²) in [6, 6.07) is 6.93. The molecule has 0 aliphatic heterocycles. The molecule has 4 atom stereocenters. The Kier molecular flexibility index (Phi) is 6.18. The van der Waals surface area contributed by atoms with Crippen molar-refractivity contribution in [2.75, 3.05) is 30.8 Å². The predicted molar refractivity (Wildman–Crippen MR) is 75.2 cm³/mol. The molecule has 4 unspecified atom stereocenters. The number of nitrogens with zero attached hydrogens (tertiary/aromatic N) is 1. The molecule has 0 saturated carbocycles. The van der Waals surface area contributed by atoms with Crippen LogP contribution in [-0.2, 0) is 0 Å². The lowest BCUT2D eigenvalue weighted by molar-refractivity contribution is -0.112. The zero-order chi connectivity index (χ0) is 15.3. The van der Waals surface area contributed by atoms with Crippen LogP contribution < -0.4 is 10.6 Å². The highest BCUT2D eigenvalue weighted by atomic mass is 16.4. The van der Waals surface area contributed by atoms with Gasteiger partial charge in [0.15, 0.2) is 0 Å². The summed E-state index contributed by atoms with van der Waals surface area (Å²) >= 11 is 0. The minimum absolute atomic E-state index is 0.0420. The van der Waals surface area contributed by atoms with Crippen molar-refractivity contribution in [3.8, 4) is 0 Å². The molecule has 0 spiro atoms. The lowest BCUT2D eigenvalue weighted by Gasteiger charge is -2.29. The highest BCUT2D eigenvalue weighted by molar-refractivity contribution is 5.52. The molecule has 20 heavy (non-hydrogen) atoms. The average Bonchev–Trinajstić information content (AvgIpc) is 2.45. The van der Waals surface area contributed by atoms with Crippen LogP contribution in [0.4, 0.5) is 11.4 Å². The molecule has 0 bridgehead atoms. The fourth-order valence-corrected chi connectivity index (χ4v) is 1.79. The fourth-order valence-electron chi connectivity index (χ4n) is 1.79. The average molecular weight is 286 g/mol. The van der Waals surface area contributed by atoms with Crippen LogP contribution in [-0.4, -0.2) is 70.1 Å². The fraction of sp³-hybridized carbons (Fsp3) is 0.538. The van der Waals surface area contributed by atoms with Gasteiger partial charge >= 0.3 is 0 Å². The van der Waals surface area contributed by atoms with Crippen molar-refractivity contribution in [1.82, 2.24) is 0 Å². The summed E-state index contributed by atoms with van der Waals surface area (Å²) in [7, 11) is 1.70. The van der Waals surface area contributed by atoms with Crippen LogP contribution in [0.2, 0.25) is 0 Å². The summed E-state index contributed by atoms with van der Waals surface area (Å²) < 4.78 is 0. The molecule has 7 nitrogen and oxygen atoms in total. The molecule has 114 valence electrons. The maximum atomic E-state index is 9.85. The molecule has 0 aromatic heterocycles. The van der Waals surface area contributed by atoms with Crippen molar-refractivity contribution in [3.63, 3.8) is 0 Å². The maximum Gasteiger partial charge on any atom is 0.111 e.